The summed E-state index contributed by atoms with van der Waals surface area (Å²) in [5.41, 5.74) is 5.86. The monoisotopic (exact) mass is 232 g/mol. The van der Waals surface area contributed by atoms with Gasteiger partial charge in [-0.25, -0.2) is 0 Å². The molecule has 0 saturated carbocycles. The molecule has 1 atom stereocenters. The lowest BCUT2D eigenvalue weighted by molar-refractivity contribution is 0.00821. The van der Waals surface area contributed by atoms with Gasteiger partial charge in [-0.1, -0.05) is 20.8 Å². The first kappa shape index (κ1) is 15.8. The fourth-order valence-electron chi connectivity index (χ4n) is 2.22. The molecule has 0 spiro atoms. The summed E-state index contributed by atoms with van der Waals surface area (Å²) in [6.07, 6.45) is 2.30. The van der Waals surface area contributed by atoms with Gasteiger partial charge in [-0.15, -0.1) is 0 Å². The van der Waals surface area contributed by atoms with E-state index in [4.69, 9.17) is 10.8 Å². The smallest absolute Gasteiger partial charge is 0.0897 e. The van der Waals surface area contributed by atoms with Crippen LogP contribution in [0.25, 0.3) is 0 Å². The molecule has 0 fully saturated rings. The van der Waals surface area contributed by atoms with E-state index in [1.807, 2.05) is 0 Å². The van der Waals surface area contributed by atoms with Crippen molar-refractivity contribution in [3.63, 3.8) is 0 Å². The van der Waals surface area contributed by atoms with Crippen molar-refractivity contribution in [2.75, 3.05) is 26.2 Å². The van der Waals surface area contributed by atoms with Crippen LogP contribution in [-0.4, -0.2) is 53.0 Å². The Morgan fingerprint density at radius 2 is 1.81 bits per heavy atom. The van der Waals surface area contributed by atoms with Crippen molar-refractivity contribution < 1.29 is 10.2 Å². The van der Waals surface area contributed by atoms with Gasteiger partial charge in [-0.05, 0) is 25.8 Å². The second-order valence-corrected chi connectivity index (χ2v) is 4.42. The predicted molar refractivity (Wildman–Crippen MR) is 67.3 cm³/mol. The SMILES string of the molecule is CCCN(CC(O)CO)C(CC)(CC)CN. The molecule has 16 heavy (non-hydrogen) atoms. The number of hydrogen-bond donors (Lipinski definition) is 3. The Morgan fingerprint density at radius 1 is 1.25 bits per heavy atom. The lowest BCUT2D eigenvalue weighted by Gasteiger charge is -2.43. The van der Waals surface area contributed by atoms with E-state index in [2.05, 4.69) is 25.7 Å². The van der Waals surface area contributed by atoms with E-state index >= 15 is 0 Å². The highest BCUT2D eigenvalue weighted by atomic mass is 16.3. The zero-order chi connectivity index (χ0) is 12.6. The second-order valence-electron chi connectivity index (χ2n) is 4.42. The molecule has 0 aliphatic rings. The van der Waals surface area contributed by atoms with Gasteiger partial charge >= 0.3 is 0 Å². The van der Waals surface area contributed by atoms with Gasteiger partial charge in [0.2, 0.25) is 0 Å². The third-order valence-corrected chi connectivity index (χ3v) is 3.50. The van der Waals surface area contributed by atoms with E-state index in [-0.39, 0.29) is 12.1 Å². The molecule has 98 valence electrons. The molecule has 0 aliphatic heterocycles. The van der Waals surface area contributed by atoms with Crippen LogP contribution in [0.15, 0.2) is 0 Å². The minimum absolute atomic E-state index is 0.0356. The lowest BCUT2D eigenvalue weighted by atomic mass is 9.90. The molecule has 0 aromatic carbocycles. The van der Waals surface area contributed by atoms with Crippen molar-refractivity contribution in [3.8, 4) is 0 Å². The summed E-state index contributed by atoms with van der Waals surface area (Å²) >= 11 is 0. The van der Waals surface area contributed by atoms with E-state index in [9.17, 15) is 5.11 Å². The van der Waals surface area contributed by atoms with E-state index in [0.29, 0.717) is 13.1 Å². The first-order valence-electron chi connectivity index (χ1n) is 6.34. The standard InChI is InChI=1S/C12H28N2O2/c1-4-7-14(8-11(16)9-15)12(5-2,6-3)10-13/h11,15-16H,4-10,13H2,1-3H3. The van der Waals surface area contributed by atoms with Crippen LogP contribution in [0.2, 0.25) is 0 Å². The molecular formula is C12H28N2O2. The van der Waals surface area contributed by atoms with Crippen LogP contribution in [0.4, 0.5) is 0 Å². The highest BCUT2D eigenvalue weighted by Crippen LogP contribution is 2.23. The first-order valence-corrected chi connectivity index (χ1v) is 6.34. The van der Waals surface area contributed by atoms with Crippen molar-refractivity contribution in [1.29, 1.82) is 0 Å². The molecular weight excluding hydrogens is 204 g/mol. The molecule has 0 heterocycles. The Kier molecular flexibility index (Phi) is 7.93. The molecule has 0 amide bonds. The van der Waals surface area contributed by atoms with Crippen LogP contribution in [0.5, 0.6) is 0 Å². The largest absolute Gasteiger partial charge is 0.394 e. The quantitative estimate of drug-likeness (QED) is 0.543. The maximum absolute atomic E-state index is 9.57. The Balaban J connectivity index is 4.69. The van der Waals surface area contributed by atoms with Crippen molar-refractivity contribution in [1.82, 2.24) is 4.90 Å². The van der Waals surface area contributed by atoms with Crippen LogP contribution >= 0.6 is 0 Å². The van der Waals surface area contributed by atoms with Gasteiger partial charge in [0.15, 0.2) is 0 Å². The molecule has 0 aliphatic carbocycles. The zero-order valence-electron chi connectivity index (χ0n) is 10.9. The van der Waals surface area contributed by atoms with Gasteiger partial charge in [-0.2, -0.15) is 0 Å². The van der Waals surface area contributed by atoms with Crippen LogP contribution in [0, 0.1) is 0 Å². The van der Waals surface area contributed by atoms with Crippen molar-refractivity contribution in [3.05, 3.63) is 0 Å². The number of β-amino-alcohol motifs (C(OH)–C–C–N with tert-alkyl or cyclic N) is 1. The van der Waals surface area contributed by atoms with E-state index in [1.54, 1.807) is 0 Å². The number of rotatable bonds is 9. The third-order valence-electron chi connectivity index (χ3n) is 3.50. The first-order chi connectivity index (χ1) is 7.60. The summed E-state index contributed by atoms with van der Waals surface area (Å²) in [7, 11) is 0. The van der Waals surface area contributed by atoms with E-state index in [1.165, 1.54) is 0 Å². The molecule has 1 unspecified atom stereocenters. The summed E-state index contributed by atoms with van der Waals surface area (Å²) in [5, 5.41) is 18.5. The number of aliphatic hydroxyl groups is 2. The maximum atomic E-state index is 9.57. The summed E-state index contributed by atoms with van der Waals surface area (Å²) in [5.74, 6) is 0. The molecule has 4 heteroatoms. The van der Waals surface area contributed by atoms with E-state index < -0.39 is 6.10 Å². The van der Waals surface area contributed by atoms with Crippen LogP contribution in [0.3, 0.4) is 0 Å². The fourth-order valence-corrected chi connectivity index (χ4v) is 2.22. The van der Waals surface area contributed by atoms with Gasteiger partial charge in [0.05, 0.1) is 12.7 Å². The number of aliphatic hydroxyl groups excluding tert-OH is 2. The van der Waals surface area contributed by atoms with Gasteiger partial charge < -0.3 is 15.9 Å². The van der Waals surface area contributed by atoms with Crippen LogP contribution < -0.4 is 5.73 Å². The minimum atomic E-state index is -0.671. The summed E-state index contributed by atoms with van der Waals surface area (Å²) in [6.45, 7) is 8.20. The van der Waals surface area contributed by atoms with Gasteiger partial charge in [0, 0.05) is 18.6 Å². The number of nitrogens with two attached hydrogens (primary N) is 1. The van der Waals surface area contributed by atoms with Gasteiger partial charge in [0.25, 0.3) is 0 Å². The average Bonchev–Trinajstić information content (AvgIpc) is 2.32. The van der Waals surface area contributed by atoms with Crippen LogP contribution in [-0.2, 0) is 0 Å². The summed E-state index contributed by atoms with van der Waals surface area (Å²) in [6, 6.07) is 0. The highest BCUT2D eigenvalue weighted by Gasteiger charge is 2.32. The molecule has 0 radical (unpaired) electrons. The van der Waals surface area contributed by atoms with Crippen molar-refractivity contribution in [2.24, 2.45) is 5.73 Å². The van der Waals surface area contributed by atoms with E-state index in [0.717, 1.165) is 25.8 Å². The Hall–Kier alpha value is -0.160. The Morgan fingerprint density at radius 3 is 2.12 bits per heavy atom. The molecule has 0 rings (SSSR count). The molecule has 0 aromatic rings. The molecule has 4 nitrogen and oxygen atoms in total. The van der Waals surface area contributed by atoms with Crippen molar-refractivity contribution in [2.45, 2.75) is 51.7 Å². The zero-order valence-corrected chi connectivity index (χ0v) is 10.9. The Bertz CT molecular complexity index is 164. The summed E-state index contributed by atoms with van der Waals surface area (Å²) < 4.78 is 0. The summed E-state index contributed by atoms with van der Waals surface area (Å²) in [4.78, 5) is 2.23. The lowest BCUT2D eigenvalue weighted by Crippen LogP contribution is -2.55. The number of nitrogens with zero attached hydrogens (tertiary/aromatic N) is 1. The van der Waals surface area contributed by atoms with Gasteiger partial charge in [-0.3, -0.25) is 4.90 Å². The second kappa shape index (κ2) is 8.01. The number of hydrogen-bond acceptors (Lipinski definition) is 4. The fraction of sp³-hybridized carbons (Fsp3) is 1.00. The Labute approximate surface area is 99.4 Å². The average molecular weight is 232 g/mol. The predicted octanol–water partition coefficient (Wildman–Crippen LogP) is 0.569. The van der Waals surface area contributed by atoms with Crippen molar-refractivity contribution >= 4 is 0 Å². The third kappa shape index (κ3) is 4.01. The minimum Gasteiger partial charge on any atom is -0.394 e. The topological polar surface area (TPSA) is 69.7 Å². The van der Waals surface area contributed by atoms with Gasteiger partial charge in [0.1, 0.15) is 0 Å². The molecule has 0 aromatic heterocycles. The van der Waals surface area contributed by atoms with Crippen LogP contribution in [0.1, 0.15) is 40.0 Å². The molecule has 0 saturated heterocycles. The highest BCUT2D eigenvalue weighted by molar-refractivity contribution is 4.90. The maximum Gasteiger partial charge on any atom is 0.0897 e. The molecule has 0 bridgehead atoms. The molecule has 4 N–H and O–H groups in total. The normalized spacial score (nSPS) is 14.4.